The molecule has 202 valence electrons. The van der Waals surface area contributed by atoms with E-state index in [9.17, 15) is 9.59 Å². The Bertz CT molecular complexity index is 1290. The molecule has 1 saturated carbocycles. The van der Waals surface area contributed by atoms with Crippen LogP contribution < -0.4 is 21.7 Å². The van der Waals surface area contributed by atoms with E-state index < -0.39 is 23.4 Å². The second-order valence-electron chi connectivity index (χ2n) is 10.3. The Hall–Kier alpha value is -4.22. The van der Waals surface area contributed by atoms with Gasteiger partial charge in [0.15, 0.2) is 11.6 Å². The van der Waals surface area contributed by atoms with E-state index in [0.29, 0.717) is 17.8 Å². The number of nitrogens with one attached hydrogen (secondary N) is 3. The van der Waals surface area contributed by atoms with Crippen molar-refractivity contribution in [3.63, 3.8) is 0 Å². The predicted octanol–water partition coefficient (Wildman–Crippen LogP) is 4.14. The summed E-state index contributed by atoms with van der Waals surface area (Å²) in [7, 11) is 0. The molecule has 3 aromatic rings. The van der Waals surface area contributed by atoms with E-state index in [2.05, 4.69) is 31.0 Å². The van der Waals surface area contributed by atoms with Crippen LogP contribution >= 0.6 is 0 Å². The maximum atomic E-state index is 15.2. The van der Waals surface area contributed by atoms with Crippen molar-refractivity contribution in [2.24, 2.45) is 11.7 Å². The van der Waals surface area contributed by atoms with Crippen molar-refractivity contribution in [3.05, 3.63) is 54.4 Å². The van der Waals surface area contributed by atoms with Gasteiger partial charge in [-0.25, -0.2) is 18.9 Å². The van der Waals surface area contributed by atoms with E-state index in [0.717, 1.165) is 18.9 Å². The van der Waals surface area contributed by atoms with Crippen LogP contribution in [-0.2, 0) is 4.74 Å². The fraction of sp³-hybridized carbons (Fsp3) is 0.423. The molecular formula is C26H33FN8O3. The molecule has 0 spiro atoms. The number of ether oxygens (including phenoxy) is 1. The molecule has 11 nitrogen and oxygen atoms in total. The molecule has 0 aliphatic heterocycles. The molecule has 4 rings (SSSR count). The van der Waals surface area contributed by atoms with E-state index in [4.69, 9.17) is 10.5 Å². The van der Waals surface area contributed by atoms with Gasteiger partial charge in [0.05, 0.1) is 41.4 Å². The Morgan fingerprint density at radius 2 is 2.00 bits per heavy atom. The van der Waals surface area contributed by atoms with Gasteiger partial charge in [-0.15, -0.1) is 0 Å². The number of rotatable bonds is 10. The van der Waals surface area contributed by atoms with Crippen molar-refractivity contribution in [3.8, 4) is 5.69 Å². The lowest BCUT2D eigenvalue weighted by molar-refractivity contribution is 0.0495. The fourth-order valence-corrected chi connectivity index (χ4v) is 4.12. The quantitative estimate of drug-likeness (QED) is 0.309. The van der Waals surface area contributed by atoms with Gasteiger partial charge in [-0.3, -0.25) is 9.78 Å². The lowest BCUT2D eigenvalue weighted by Crippen LogP contribution is -2.49. The van der Waals surface area contributed by atoms with Crippen molar-refractivity contribution in [2.45, 2.75) is 64.6 Å². The average Bonchev–Trinajstić information content (AvgIpc) is 3.53. The number of alkyl carbamates (subject to hydrolysis) is 1. The minimum absolute atomic E-state index is 0.0602. The summed E-state index contributed by atoms with van der Waals surface area (Å²) in [6, 6.07) is 3.96. The number of nitrogens with zero attached hydrogens (tertiary/aromatic N) is 4. The third-order valence-corrected chi connectivity index (χ3v) is 6.01. The average molecular weight is 525 g/mol. The molecule has 0 unspecified atom stereocenters. The van der Waals surface area contributed by atoms with Gasteiger partial charge < -0.3 is 26.4 Å². The van der Waals surface area contributed by atoms with Crippen molar-refractivity contribution in [1.29, 1.82) is 0 Å². The van der Waals surface area contributed by atoms with Crippen LogP contribution in [0.1, 0.15) is 57.3 Å². The third kappa shape index (κ3) is 6.75. The molecule has 0 bridgehead atoms. The zero-order valence-corrected chi connectivity index (χ0v) is 21.9. The van der Waals surface area contributed by atoms with Crippen LogP contribution in [0.25, 0.3) is 5.69 Å². The highest BCUT2D eigenvalue weighted by Gasteiger charge is 2.38. The topological polar surface area (TPSA) is 149 Å². The lowest BCUT2D eigenvalue weighted by atomic mass is 10.0. The number of halogens is 1. The zero-order valence-electron chi connectivity index (χ0n) is 21.9. The van der Waals surface area contributed by atoms with Crippen molar-refractivity contribution < 1.29 is 18.7 Å². The summed E-state index contributed by atoms with van der Waals surface area (Å²) in [5, 5.41) is 13.3. The highest BCUT2D eigenvalue weighted by atomic mass is 19.1. The van der Waals surface area contributed by atoms with Gasteiger partial charge in [-0.05, 0) is 64.2 Å². The third-order valence-electron chi connectivity index (χ3n) is 6.01. The van der Waals surface area contributed by atoms with Crippen molar-refractivity contribution in [2.75, 3.05) is 10.6 Å². The van der Waals surface area contributed by atoms with Crippen LogP contribution in [0.4, 0.5) is 26.5 Å². The van der Waals surface area contributed by atoms with Gasteiger partial charge in [-0.1, -0.05) is 6.92 Å². The van der Waals surface area contributed by atoms with E-state index in [1.165, 1.54) is 0 Å². The molecule has 1 aliphatic rings. The van der Waals surface area contributed by atoms with E-state index in [-0.39, 0.29) is 35.2 Å². The molecule has 2 amide bonds. The second-order valence-corrected chi connectivity index (χ2v) is 10.3. The number of aromatic nitrogens is 4. The van der Waals surface area contributed by atoms with Crippen LogP contribution in [-0.4, -0.2) is 49.4 Å². The fourth-order valence-electron chi connectivity index (χ4n) is 4.12. The molecule has 3 heterocycles. The van der Waals surface area contributed by atoms with Crippen molar-refractivity contribution in [1.82, 2.24) is 25.1 Å². The first-order valence-electron chi connectivity index (χ1n) is 12.5. The molecular weight excluding hydrogens is 491 g/mol. The van der Waals surface area contributed by atoms with Gasteiger partial charge in [0.25, 0.3) is 5.91 Å². The maximum Gasteiger partial charge on any atom is 0.407 e. The molecule has 3 aromatic heterocycles. The Labute approximate surface area is 220 Å². The van der Waals surface area contributed by atoms with Crippen LogP contribution in [0.5, 0.6) is 0 Å². The molecule has 1 aliphatic carbocycles. The highest BCUT2D eigenvalue weighted by molar-refractivity contribution is 5.98. The SMILES string of the molecule is CC[C@H](NC(=O)OC(C)(C)C)[C@H](Nc1nc(Nc2cncc(-n3cccn3)c2)c(C(N)=O)cc1F)C1CC1. The first-order valence-corrected chi connectivity index (χ1v) is 12.5. The normalized spacial score (nSPS) is 14.9. The van der Waals surface area contributed by atoms with Crippen LogP contribution in [0, 0.1) is 11.7 Å². The summed E-state index contributed by atoms with van der Waals surface area (Å²) in [5.41, 5.74) is 5.95. The van der Waals surface area contributed by atoms with Gasteiger partial charge in [-0.2, -0.15) is 5.10 Å². The second kappa shape index (κ2) is 11.0. The number of primary amides is 1. The Balaban J connectivity index is 1.60. The highest BCUT2D eigenvalue weighted by Crippen LogP contribution is 2.37. The molecule has 12 heteroatoms. The summed E-state index contributed by atoms with van der Waals surface area (Å²) in [5.74, 6) is -1.33. The number of carbonyl (C=O) groups is 2. The standard InChI is InChI=1S/C26H33FN8O3/c1-5-20(32-25(37)38-26(2,3)4)21(15-7-8-15)33-24-19(27)12-18(22(28)36)23(34-24)31-16-11-17(14-29-13-16)35-10-6-9-30-35/h6,9-15,20-21H,5,7-8H2,1-4H3,(H2,28,36)(H,32,37)(H2,31,33,34)/t20-,21+/m0/s1. The van der Waals surface area contributed by atoms with E-state index in [1.807, 2.05) is 6.92 Å². The molecule has 1 fully saturated rings. The number of nitrogens with two attached hydrogens (primary N) is 1. The number of pyridine rings is 2. The first kappa shape index (κ1) is 26.8. The minimum Gasteiger partial charge on any atom is -0.444 e. The Kier molecular flexibility index (Phi) is 7.79. The summed E-state index contributed by atoms with van der Waals surface area (Å²) in [4.78, 5) is 33.2. The smallest absolute Gasteiger partial charge is 0.407 e. The van der Waals surface area contributed by atoms with E-state index >= 15 is 4.39 Å². The number of carbonyl (C=O) groups excluding carboxylic acids is 2. The van der Waals surface area contributed by atoms with Crippen molar-refractivity contribution >= 4 is 29.3 Å². The molecule has 2 atom stereocenters. The first-order chi connectivity index (χ1) is 18.0. The number of amides is 2. The monoisotopic (exact) mass is 524 g/mol. The van der Waals surface area contributed by atoms with Gasteiger partial charge in [0, 0.05) is 12.4 Å². The number of hydrogen-bond donors (Lipinski definition) is 4. The predicted molar refractivity (Wildman–Crippen MR) is 141 cm³/mol. The van der Waals surface area contributed by atoms with Crippen LogP contribution in [0.3, 0.4) is 0 Å². The Morgan fingerprint density at radius 1 is 1.24 bits per heavy atom. The van der Waals surface area contributed by atoms with Gasteiger partial charge in [0.1, 0.15) is 11.4 Å². The van der Waals surface area contributed by atoms with Crippen LogP contribution in [0.2, 0.25) is 0 Å². The lowest BCUT2D eigenvalue weighted by Gasteiger charge is -2.30. The largest absolute Gasteiger partial charge is 0.444 e. The summed E-state index contributed by atoms with van der Waals surface area (Å²) >= 11 is 0. The molecule has 0 aromatic carbocycles. The summed E-state index contributed by atoms with van der Waals surface area (Å²) in [6.45, 7) is 7.31. The molecule has 5 N–H and O–H groups in total. The van der Waals surface area contributed by atoms with Gasteiger partial charge >= 0.3 is 6.09 Å². The molecule has 0 saturated heterocycles. The summed E-state index contributed by atoms with van der Waals surface area (Å²) in [6.07, 6.45) is 8.49. The number of hydrogen-bond acceptors (Lipinski definition) is 8. The molecule has 0 radical (unpaired) electrons. The Morgan fingerprint density at radius 3 is 2.61 bits per heavy atom. The summed E-state index contributed by atoms with van der Waals surface area (Å²) < 4.78 is 22.2. The van der Waals surface area contributed by atoms with Gasteiger partial charge in [0.2, 0.25) is 0 Å². The zero-order chi connectivity index (χ0) is 27.4. The maximum absolute atomic E-state index is 15.2. The number of anilines is 3. The molecule has 38 heavy (non-hydrogen) atoms. The van der Waals surface area contributed by atoms with Crippen LogP contribution in [0.15, 0.2) is 43.0 Å². The van der Waals surface area contributed by atoms with E-state index in [1.54, 1.807) is 62.4 Å². The minimum atomic E-state index is -0.835.